The Morgan fingerprint density at radius 1 is 1.24 bits per heavy atom. The van der Waals surface area contributed by atoms with Crippen LogP contribution in [0, 0.1) is 6.92 Å². The third-order valence-corrected chi connectivity index (χ3v) is 7.88. The van der Waals surface area contributed by atoms with E-state index in [-0.39, 0.29) is 11.7 Å². The van der Waals surface area contributed by atoms with Gasteiger partial charge in [0.05, 0.1) is 11.4 Å². The van der Waals surface area contributed by atoms with Crippen LogP contribution in [0.2, 0.25) is 5.02 Å². The zero-order valence-corrected chi connectivity index (χ0v) is 21.4. The maximum absolute atomic E-state index is 12.6. The van der Waals surface area contributed by atoms with Crippen molar-refractivity contribution in [3.8, 4) is 22.6 Å². The second kappa shape index (κ2) is 10.6. The van der Waals surface area contributed by atoms with Gasteiger partial charge >= 0.3 is 0 Å². The van der Waals surface area contributed by atoms with Gasteiger partial charge in [0, 0.05) is 38.3 Å². The molecule has 0 aliphatic rings. The molecule has 6 nitrogen and oxygen atoms in total. The smallest absolute Gasteiger partial charge is 0.236 e. The molecule has 0 saturated heterocycles. The molecular formula is C23H22ClN5OS3. The van der Waals surface area contributed by atoms with E-state index in [1.807, 2.05) is 40.3 Å². The summed E-state index contributed by atoms with van der Waals surface area (Å²) in [5.41, 5.74) is 4.13. The highest BCUT2D eigenvalue weighted by molar-refractivity contribution is 7.99. The van der Waals surface area contributed by atoms with Crippen LogP contribution in [0.5, 0.6) is 0 Å². The molecule has 0 saturated carbocycles. The first kappa shape index (κ1) is 23.7. The Morgan fingerprint density at radius 2 is 2.03 bits per heavy atom. The van der Waals surface area contributed by atoms with Gasteiger partial charge in [-0.2, -0.15) is 0 Å². The monoisotopic (exact) mass is 515 g/mol. The molecule has 0 bridgehead atoms. The first-order chi connectivity index (χ1) is 16.0. The number of thiophene rings is 1. The summed E-state index contributed by atoms with van der Waals surface area (Å²) in [6.07, 6.45) is 2.75. The number of thiazole rings is 1. The number of halogens is 1. The predicted molar refractivity (Wildman–Crippen MR) is 140 cm³/mol. The summed E-state index contributed by atoms with van der Waals surface area (Å²) in [4.78, 5) is 18.4. The molecule has 0 aliphatic carbocycles. The lowest BCUT2D eigenvalue weighted by atomic mass is 10.1. The van der Waals surface area contributed by atoms with Crippen LogP contribution < -0.4 is 5.32 Å². The summed E-state index contributed by atoms with van der Waals surface area (Å²) < 4.78 is 2.01. The molecule has 4 rings (SSSR count). The fourth-order valence-corrected chi connectivity index (χ4v) is 5.91. The van der Waals surface area contributed by atoms with E-state index in [0.717, 1.165) is 29.1 Å². The SMILES string of the molecule is C=CCn1c(SCC(=O)Nc2nc(-c3ccc(Cl)cc3)cs2)nnc1-c1csc(C)c1CC. The largest absolute Gasteiger partial charge is 0.301 e. The topological polar surface area (TPSA) is 72.7 Å². The molecule has 0 spiro atoms. The lowest BCUT2D eigenvalue weighted by molar-refractivity contribution is -0.113. The number of allylic oxidation sites excluding steroid dienone is 1. The average Bonchev–Trinajstić information content (AvgIpc) is 3.52. The molecule has 3 heterocycles. The molecule has 0 radical (unpaired) electrons. The molecule has 1 aromatic carbocycles. The summed E-state index contributed by atoms with van der Waals surface area (Å²) in [5.74, 6) is 0.868. The highest BCUT2D eigenvalue weighted by Gasteiger charge is 2.19. The van der Waals surface area contributed by atoms with Crippen LogP contribution in [0.1, 0.15) is 17.4 Å². The van der Waals surface area contributed by atoms with E-state index in [9.17, 15) is 4.79 Å². The molecule has 0 unspecified atom stereocenters. The van der Waals surface area contributed by atoms with E-state index in [0.29, 0.717) is 21.9 Å². The van der Waals surface area contributed by atoms with Crippen LogP contribution in [-0.2, 0) is 17.8 Å². The van der Waals surface area contributed by atoms with Crippen molar-refractivity contribution in [1.29, 1.82) is 0 Å². The normalized spacial score (nSPS) is 11.0. The lowest BCUT2D eigenvalue weighted by Gasteiger charge is -2.08. The first-order valence-corrected chi connectivity index (χ1v) is 13.4. The van der Waals surface area contributed by atoms with Gasteiger partial charge in [-0.15, -0.1) is 39.4 Å². The van der Waals surface area contributed by atoms with Crippen molar-refractivity contribution in [2.75, 3.05) is 11.1 Å². The molecule has 1 N–H and O–H groups in total. The van der Waals surface area contributed by atoms with Gasteiger partial charge in [-0.25, -0.2) is 4.98 Å². The Bertz CT molecular complexity index is 1280. The van der Waals surface area contributed by atoms with Crippen molar-refractivity contribution in [3.05, 3.63) is 63.1 Å². The van der Waals surface area contributed by atoms with Gasteiger partial charge < -0.3 is 5.32 Å². The summed E-state index contributed by atoms with van der Waals surface area (Å²) in [5, 5.41) is 17.6. The van der Waals surface area contributed by atoms with Crippen molar-refractivity contribution < 1.29 is 4.79 Å². The van der Waals surface area contributed by atoms with Crippen LogP contribution in [0.15, 0.2) is 52.8 Å². The van der Waals surface area contributed by atoms with E-state index in [1.54, 1.807) is 11.3 Å². The van der Waals surface area contributed by atoms with Crippen molar-refractivity contribution in [1.82, 2.24) is 19.7 Å². The Balaban J connectivity index is 1.44. The minimum Gasteiger partial charge on any atom is -0.301 e. The number of nitrogens with one attached hydrogen (secondary N) is 1. The minimum atomic E-state index is -0.146. The van der Waals surface area contributed by atoms with Gasteiger partial charge in [0.1, 0.15) is 0 Å². The Labute approximate surface area is 209 Å². The van der Waals surface area contributed by atoms with E-state index < -0.39 is 0 Å². The number of amides is 1. The zero-order valence-electron chi connectivity index (χ0n) is 18.2. The van der Waals surface area contributed by atoms with E-state index in [2.05, 4.69) is 46.3 Å². The van der Waals surface area contributed by atoms with Crippen LogP contribution in [-0.4, -0.2) is 31.4 Å². The van der Waals surface area contributed by atoms with Crippen LogP contribution >= 0.6 is 46.0 Å². The molecule has 3 aromatic heterocycles. The van der Waals surface area contributed by atoms with Gasteiger partial charge in [-0.1, -0.05) is 48.5 Å². The maximum Gasteiger partial charge on any atom is 0.236 e. The summed E-state index contributed by atoms with van der Waals surface area (Å²) in [6, 6.07) is 7.45. The molecule has 170 valence electrons. The van der Waals surface area contributed by atoms with E-state index >= 15 is 0 Å². The maximum atomic E-state index is 12.6. The molecule has 33 heavy (non-hydrogen) atoms. The van der Waals surface area contributed by atoms with E-state index in [1.165, 1.54) is 33.5 Å². The second-order valence-electron chi connectivity index (χ2n) is 7.12. The second-order valence-corrected chi connectivity index (χ2v) is 10.4. The Kier molecular flexibility index (Phi) is 7.64. The number of rotatable bonds is 9. The van der Waals surface area contributed by atoms with Gasteiger partial charge in [-0.05, 0) is 31.0 Å². The third-order valence-electron chi connectivity index (χ3n) is 4.95. The molecular weight excluding hydrogens is 494 g/mol. The highest BCUT2D eigenvalue weighted by atomic mass is 35.5. The van der Waals surface area contributed by atoms with Crippen molar-refractivity contribution in [2.45, 2.75) is 32.0 Å². The predicted octanol–water partition coefficient (Wildman–Crippen LogP) is 6.57. The number of aryl methyl sites for hydroxylation is 1. The van der Waals surface area contributed by atoms with E-state index in [4.69, 9.17) is 11.6 Å². The summed E-state index contributed by atoms with van der Waals surface area (Å²) in [7, 11) is 0. The summed E-state index contributed by atoms with van der Waals surface area (Å²) >= 11 is 10.4. The van der Waals surface area contributed by atoms with Gasteiger partial charge in [0.2, 0.25) is 5.91 Å². The van der Waals surface area contributed by atoms with Crippen LogP contribution in [0.4, 0.5) is 5.13 Å². The van der Waals surface area contributed by atoms with Crippen LogP contribution in [0.3, 0.4) is 0 Å². The average molecular weight is 516 g/mol. The number of anilines is 1. The standard InChI is InChI=1S/C23H22ClN5OS3/c1-4-10-29-21(18-11-31-14(3)17(18)5-2)27-28-23(29)33-13-20(30)26-22-25-19(12-32-22)15-6-8-16(24)9-7-15/h4,6-9,11-12H,1,5,10,13H2,2-3H3,(H,25,26,30). The molecule has 0 aliphatic heterocycles. The quantitative estimate of drug-likeness (QED) is 0.201. The molecule has 4 aromatic rings. The van der Waals surface area contributed by atoms with Gasteiger partial charge in [0.15, 0.2) is 16.1 Å². The number of thioether (sulfide) groups is 1. The molecule has 10 heteroatoms. The van der Waals surface area contributed by atoms with Crippen molar-refractivity contribution in [2.24, 2.45) is 0 Å². The number of nitrogens with zero attached hydrogens (tertiary/aromatic N) is 4. The fraction of sp³-hybridized carbons (Fsp3) is 0.217. The van der Waals surface area contributed by atoms with Gasteiger partial charge in [-0.3, -0.25) is 9.36 Å². The molecule has 0 atom stereocenters. The van der Waals surface area contributed by atoms with Crippen LogP contribution in [0.25, 0.3) is 22.6 Å². The van der Waals surface area contributed by atoms with Crippen molar-refractivity contribution >= 4 is 57.1 Å². The third kappa shape index (κ3) is 5.38. The number of aromatic nitrogens is 4. The Morgan fingerprint density at radius 3 is 2.76 bits per heavy atom. The Hall–Kier alpha value is -2.46. The summed E-state index contributed by atoms with van der Waals surface area (Å²) in [6.45, 7) is 8.70. The number of benzene rings is 1. The lowest BCUT2D eigenvalue weighted by Crippen LogP contribution is -2.14. The highest BCUT2D eigenvalue weighted by Crippen LogP contribution is 2.33. The fourth-order valence-electron chi connectivity index (χ4n) is 3.36. The van der Waals surface area contributed by atoms with Crippen molar-refractivity contribution in [3.63, 3.8) is 0 Å². The number of hydrogen-bond donors (Lipinski definition) is 1. The molecule has 1 amide bonds. The molecule has 0 fully saturated rings. The number of hydrogen-bond acceptors (Lipinski definition) is 7. The first-order valence-electron chi connectivity index (χ1n) is 10.3. The number of carbonyl (C=O) groups is 1. The number of carbonyl (C=O) groups excluding carboxylic acids is 1. The van der Waals surface area contributed by atoms with Gasteiger partial charge in [0.25, 0.3) is 0 Å². The zero-order chi connectivity index (χ0) is 23.4. The minimum absolute atomic E-state index is 0.146.